The number of aromatic nitrogens is 5. The Morgan fingerprint density at radius 2 is 1.84 bits per heavy atom. The van der Waals surface area contributed by atoms with E-state index in [-0.39, 0.29) is 17.4 Å². The van der Waals surface area contributed by atoms with E-state index in [9.17, 15) is 9.18 Å². The molecule has 1 saturated carbocycles. The third-order valence-electron chi connectivity index (χ3n) is 7.62. The van der Waals surface area contributed by atoms with Gasteiger partial charge in [0.15, 0.2) is 17.3 Å². The molecule has 0 bridgehead atoms. The van der Waals surface area contributed by atoms with Crippen LogP contribution in [0.15, 0.2) is 47.3 Å². The molecule has 0 radical (unpaired) electrons. The van der Waals surface area contributed by atoms with Crippen LogP contribution in [0.4, 0.5) is 4.39 Å². The summed E-state index contributed by atoms with van der Waals surface area (Å²) < 4.78 is 26.7. The number of H-pyrrole nitrogens is 1. The molecule has 0 unspecified atom stereocenters. The van der Waals surface area contributed by atoms with Crippen molar-refractivity contribution in [1.29, 1.82) is 0 Å². The number of pyridine rings is 1. The van der Waals surface area contributed by atoms with Gasteiger partial charge in [-0.3, -0.25) is 9.69 Å². The summed E-state index contributed by atoms with van der Waals surface area (Å²) in [4.78, 5) is 18.7. The molecule has 198 valence electrons. The Kier molecular flexibility index (Phi) is 6.80. The average molecular weight is 519 g/mol. The second kappa shape index (κ2) is 10.5. The van der Waals surface area contributed by atoms with Crippen LogP contribution in [0.5, 0.6) is 11.5 Å². The lowest BCUT2D eigenvalue weighted by molar-refractivity contribution is 0.112. The van der Waals surface area contributed by atoms with Gasteiger partial charge in [0, 0.05) is 29.6 Å². The number of nitrogens with zero attached hydrogens (tertiary/aromatic N) is 5. The first kappa shape index (κ1) is 24.5. The monoisotopic (exact) mass is 518 g/mol. The van der Waals surface area contributed by atoms with Crippen LogP contribution in [-0.4, -0.2) is 49.3 Å². The molecule has 1 aliphatic carbocycles. The summed E-state index contributed by atoms with van der Waals surface area (Å²) in [5, 5.41) is 13.6. The Labute approximate surface area is 219 Å². The van der Waals surface area contributed by atoms with Crippen LogP contribution in [0.3, 0.4) is 0 Å². The van der Waals surface area contributed by atoms with Gasteiger partial charge in [0.1, 0.15) is 19.0 Å². The topological polar surface area (TPSA) is 98.2 Å². The van der Waals surface area contributed by atoms with Gasteiger partial charge in [-0.25, -0.2) is 9.07 Å². The average Bonchev–Trinajstić information content (AvgIpc) is 3.62. The second-order valence-electron chi connectivity index (χ2n) is 10.1. The summed E-state index contributed by atoms with van der Waals surface area (Å²) in [5.74, 6) is 1.82. The van der Waals surface area contributed by atoms with Gasteiger partial charge >= 0.3 is 0 Å². The van der Waals surface area contributed by atoms with Crippen LogP contribution in [0, 0.1) is 5.82 Å². The van der Waals surface area contributed by atoms with Gasteiger partial charge in [0.2, 0.25) is 0 Å². The number of hydrogen-bond donors (Lipinski definition) is 1. The summed E-state index contributed by atoms with van der Waals surface area (Å²) >= 11 is 0. The smallest absolute Gasteiger partial charge is 0.252 e. The summed E-state index contributed by atoms with van der Waals surface area (Å²) in [6, 6.07) is 12.4. The number of benzene rings is 2. The SMILES string of the molecule is CC[C@H](c1nnnn1Cc1ccc(F)cc1)N(Cc1cc2cc3c(cc2[nH]c1=O)OCCO3)C1CCCC1. The molecule has 6 rings (SSSR count). The minimum atomic E-state index is -0.273. The van der Waals surface area contributed by atoms with E-state index in [1.807, 2.05) is 18.2 Å². The molecule has 0 saturated heterocycles. The van der Waals surface area contributed by atoms with Crippen molar-refractivity contribution in [3.63, 3.8) is 0 Å². The molecule has 38 heavy (non-hydrogen) atoms. The normalized spacial score (nSPS) is 16.4. The molecule has 2 aliphatic rings. The molecule has 1 atom stereocenters. The largest absolute Gasteiger partial charge is 0.486 e. The lowest BCUT2D eigenvalue weighted by Gasteiger charge is -2.35. The number of hydrogen-bond acceptors (Lipinski definition) is 7. The standard InChI is InChI=1S/C28H31FN6O3/c1-2-24(27-31-32-33-35(27)16-18-7-9-21(29)10-8-18)34(22-5-3-4-6-22)17-20-13-19-14-25-26(38-12-11-37-25)15-23(19)30-28(20)36/h7-10,13-15,22,24H,2-6,11-12,16-17H2,1H3,(H,30,36)/t24-/m1/s1. The fraction of sp³-hybridized carbons (Fsp3) is 0.429. The van der Waals surface area contributed by atoms with Crippen LogP contribution < -0.4 is 15.0 Å². The van der Waals surface area contributed by atoms with Crippen LogP contribution >= 0.6 is 0 Å². The molecule has 4 aromatic rings. The summed E-state index contributed by atoms with van der Waals surface area (Å²) in [5.41, 5.74) is 2.23. The van der Waals surface area contributed by atoms with Crippen molar-refractivity contribution >= 4 is 10.9 Å². The molecule has 10 heteroatoms. The van der Waals surface area contributed by atoms with Crippen molar-refractivity contribution in [2.45, 2.75) is 64.2 Å². The van der Waals surface area contributed by atoms with E-state index in [2.05, 4.69) is 32.3 Å². The molecule has 0 amide bonds. The number of halogens is 1. The predicted octanol–water partition coefficient (Wildman–Crippen LogP) is 4.37. The quantitative estimate of drug-likeness (QED) is 0.370. The lowest BCUT2D eigenvalue weighted by Crippen LogP contribution is -2.39. The maximum atomic E-state index is 13.4. The van der Waals surface area contributed by atoms with Crippen molar-refractivity contribution < 1.29 is 13.9 Å². The first-order chi connectivity index (χ1) is 18.6. The van der Waals surface area contributed by atoms with Crippen molar-refractivity contribution in [2.24, 2.45) is 0 Å². The maximum absolute atomic E-state index is 13.4. The van der Waals surface area contributed by atoms with Gasteiger partial charge in [0.25, 0.3) is 5.56 Å². The molecule has 1 fully saturated rings. The molecular weight excluding hydrogens is 487 g/mol. The van der Waals surface area contributed by atoms with E-state index in [1.165, 1.54) is 12.1 Å². The first-order valence-corrected chi connectivity index (χ1v) is 13.3. The van der Waals surface area contributed by atoms with E-state index in [0.29, 0.717) is 49.4 Å². The number of fused-ring (bicyclic) bond motifs is 2. The Balaban J connectivity index is 1.34. The van der Waals surface area contributed by atoms with Crippen molar-refractivity contribution in [1.82, 2.24) is 30.1 Å². The summed E-state index contributed by atoms with van der Waals surface area (Å²) in [7, 11) is 0. The second-order valence-corrected chi connectivity index (χ2v) is 10.1. The van der Waals surface area contributed by atoms with Gasteiger partial charge in [-0.2, -0.15) is 0 Å². The number of aromatic amines is 1. The fourth-order valence-electron chi connectivity index (χ4n) is 5.72. The summed E-state index contributed by atoms with van der Waals surface area (Å²) in [6.07, 6.45) is 5.25. The van der Waals surface area contributed by atoms with Gasteiger partial charge < -0.3 is 14.5 Å². The molecule has 2 aromatic heterocycles. The fourth-order valence-corrected chi connectivity index (χ4v) is 5.72. The van der Waals surface area contributed by atoms with Gasteiger partial charge in [-0.05, 0) is 59.5 Å². The predicted molar refractivity (Wildman–Crippen MR) is 140 cm³/mol. The maximum Gasteiger partial charge on any atom is 0.252 e. The molecule has 3 heterocycles. The van der Waals surface area contributed by atoms with E-state index in [0.717, 1.165) is 54.4 Å². The molecule has 2 aromatic carbocycles. The van der Waals surface area contributed by atoms with Gasteiger partial charge in [0.05, 0.1) is 18.1 Å². The highest BCUT2D eigenvalue weighted by Gasteiger charge is 2.32. The highest BCUT2D eigenvalue weighted by atomic mass is 19.1. The minimum absolute atomic E-state index is 0.0797. The van der Waals surface area contributed by atoms with E-state index in [1.54, 1.807) is 16.8 Å². The molecule has 1 N–H and O–H groups in total. The molecule has 1 aliphatic heterocycles. The number of tetrazole rings is 1. The molecule has 0 spiro atoms. The van der Waals surface area contributed by atoms with Crippen molar-refractivity contribution in [2.75, 3.05) is 13.2 Å². The lowest BCUT2D eigenvalue weighted by atomic mass is 10.0. The Hall–Kier alpha value is -3.79. The highest BCUT2D eigenvalue weighted by molar-refractivity contribution is 5.83. The number of ether oxygens (including phenoxy) is 2. The zero-order valence-electron chi connectivity index (χ0n) is 21.4. The van der Waals surface area contributed by atoms with Crippen molar-refractivity contribution in [3.05, 3.63) is 75.6 Å². The van der Waals surface area contributed by atoms with E-state index in [4.69, 9.17) is 9.47 Å². The van der Waals surface area contributed by atoms with E-state index >= 15 is 0 Å². The van der Waals surface area contributed by atoms with Crippen molar-refractivity contribution in [3.8, 4) is 11.5 Å². The number of rotatable bonds is 8. The zero-order valence-corrected chi connectivity index (χ0v) is 21.4. The third-order valence-corrected chi connectivity index (χ3v) is 7.62. The zero-order chi connectivity index (χ0) is 26.1. The van der Waals surface area contributed by atoms with Gasteiger partial charge in [-0.1, -0.05) is 31.9 Å². The Morgan fingerprint density at radius 3 is 2.58 bits per heavy atom. The first-order valence-electron chi connectivity index (χ1n) is 13.3. The Morgan fingerprint density at radius 1 is 1.11 bits per heavy atom. The Bertz CT molecular complexity index is 1480. The highest BCUT2D eigenvalue weighted by Crippen LogP contribution is 2.36. The van der Waals surface area contributed by atoms with Crippen LogP contribution in [0.25, 0.3) is 10.9 Å². The van der Waals surface area contributed by atoms with Crippen LogP contribution in [0.1, 0.15) is 62.0 Å². The molecular formula is C28H31FN6O3. The summed E-state index contributed by atoms with van der Waals surface area (Å²) in [6.45, 7) is 4.05. The van der Waals surface area contributed by atoms with Gasteiger partial charge in [-0.15, -0.1) is 5.10 Å². The van der Waals surface area contributed by atoms with E-state index < -0.39 is 0 Å². The minimum Gasteiger partial charge on any atom is -0.486 e. The van der Waals surface area contributed by atoms with Crippen LogP contribution in [-0.2, 0) is 13.1 Å². The molecule has 9 nitrogen and oxygen atoms in total. The number of nitrogens with one attached hydrogen (secondary N) is 1. The third kappa shape index (κ3) is 4.88. The van der Waals surface area contributed by atoms with Crippen LogP contribution in [0.2, 0.25) is 0 Å².